The smallest absolute Gasteiger partial charge is 0.313 e. The predicted octanol–water partition coefficient (Wildman–Crippen LogP) is 3.49. The summed E-state index contributed by atoms with van der Waals surface area (Å²) in [4.78, 5) is 12.0. The molecule has 0 spiro atoms. The SMILES string of the molecule is C=CCOC(=O)C1C(C)=C(C)CCC1(C)C. The standard InChI is InChI=1S/C14H22O2/c1-6-9-16-13(15)12-11(3)10(2)7-8-14(12,4)5/h6,12H,1,7-9H2,2-5H3. The summed E-state index contributed by atoms with van der Waals surface area (Å²) < 4.78 is 5.19. The summed E-state index contributed by atoms with van der Waals surface area (Å²) in [7, 11) is 0. The molecule has 0 heterocycles. The summed E-state index contributed by atoms with van der Waals surface area (Å²) in [6.07, 6.45) is 3.74. The Morgan fingerprint density at radius 1 is 1.56 bits per heavy atom. The summed E-state index contributed by atoms with van der Waals surface area (Å²) >= 11 is 0. The molecule has 0 saturated carbocycles. The highest BCUT2D eigenvalue weighted by molar-refractivity contribution is 5.77. The third-order valence-corrected chi connectivity index (χ3v) is 3.61. The van der Waals surface area contributed by atoms with Crippen LogP contribution in [0.1, 0.15) is 40.5 Å². The van der Waals surface area contributed by atoms with Crippen molar-refractivity contribution >= 4 is 5.97 Å². The molecule has 0 aliphatic heterocycles. The first-order chi connectivity index (χ1) is 7.40. The lowest BCUT2D eigenvalue weighted by atomic mass is 9.66. The van der Waals surface area contributed by atoms with Crippen molar-refractivity contribution in [3.05, 3.63) is 23.8 Å². The molecule has 1 atom stereocenters. The second-order valence-electron chi connectivity index (χ2n) is 5.30. The van der Waals surface area contributed by atoms with Crippen LogP contribution in [0.4, 0.5) is 0 Å². The van der Waals surface area contributed by atoms with Gasteiger partial charge in [0, 0.05) is 0 Å². The highest BCUT2D eigenvalue weighted by atomic mass is 16.5. The van der Waals surface area contributed by atoms with E-state index < -0.39 is 0 Å². The second kappa shape index (κ2) is 4.86. The summed E-state index contributed by atoms with van der Waals surface area (Å²) in [5.41, 5.74) is 2.52. The van der Waals surface area contributed by atoms with Crippen LogP contribution in [-0.4, -0.2) is 12.6 Å². The van der Waals surface area contributed by atoms with Crippen molar-refractivity contribution in [1.29, 1.82) is 0 Å². The fourth-order valence-electron chi connectivity index (χ4n) is 2.40. The Bertz CT molecular complexity index is 324. The molecule has 2 nitrogen and oxygen atoms in total. The van der Waals surface area contributed by atoms with E-state index in [9.17, 15) is 4.79 Å². The van der Waals surface area contributed by atoms with Crippen LogP contribution in [0, 0.1) is 11.3 Å². The maximum absolute atomic E-state index is 12.0. The van der Waals surface area contributed by atoms with Crippen LogP contribution in [0.2, 0.25) is 0 Å². The molecule has 0 aromatic rings. The normalized spacial score (nSPS) is 24.1. The number of carbonyl (C=O) groups is 1. The van der Waals surface area contributed by atoms with Crippen molar-refractivity contribution in [1.82, 2.24) is 0 Å². The Morgan fingerprint density at radius 3 is 2.75 bits per heavy atom. The first-order valence-corrected chi connectivity index (χ1v) is 5.84. The van der Waals surface area contributed by atoms with Crippen molar-refractivity contribution in [3.8, 4) is 0 Å². The molecule has 0 amide bonds. The van der Waals surface area contributed by atoms with E-state index in [1.807, 2.05) is 0 Å². The van der Waals surface area contributed by atoms with E-state index in [0.717, 1.165) is 12.8 Å². The lowest BCUT2D eigenvalue weighted by Crippen LogP contribution is -2.36. The zero-order valence-corrected chi connectivity index (χ0v) is 10.8. The van der Waals surface area contributed by atoms with Crippen molar-refractivity contribution in [2.45, 2.75) is 40.5 Å². The van der Waals surface area contributed by atoms with Gasteiger partial charge in [-0.2, -0.15) is 0 Å². The number of hydrogen-bond acceptors (Lipinski definition) is 2. The number of carbonyl (C=O) groups excluding carboxylic acids is 1. The Balaban J connectivity index is 2.92. The van der Waals surface area contributed by atoms with Gasteiger partial charge >= 0.3 is 5.97 Å². The quantitative estimate of drug-likeness (QED) is 0.539. The van der Waals surface area contributed by atoms with E-state index in [2.05, 4.69) is 34.3 Å². The predicted molar refractivity (Wildman–Crippen MR) is 66.0 cm³/mol. The van der Waals surface area contributed by atoms with Crippen LogP contribution in [-0.2, 0) is 9.53 Å². The fourth-order valence-corrected chi connectivity index (χ4v) is 2.40. The van der Waals surface area contributed by atoms with E-state index >= 15 is 0 Å². The number of rotatable bonds is 3. The van der Waals surface area contributed by atoms with Crippen LogP contribution in [0.3, 0.4) is 0 Å². The molecule has 90 valence electrons. The third kappa shape index (κ3) is 2.55. The summed E-state index contributed by atoms with van der Waals surface area (Å²) in [6, 6.07) is 0. The molecule has 0 aromatic carbocycles. The van der Waals surface area contributed by atoms with Crippen LogP contribution in [0.25, 0.3) is 0 Å². The van der Waals surface area contributed by atoms with Gasteiger partial charge in [0.15, 0.2) is 0 Å². The third-order valence-electron chi connectivity index (χ3n) is 3.61. The molecule has 0 bridgehead atoms. The molecule has 0 radical (unpaired) electrons. The number of ether oxygens (including phenoxy) is 1. The Morgan fingerprint density at radius 2 is 2.19 bits per heavy atom. The van der Waals surface area contributed by atoms with Crippen molar-refractivity contribution in [3.63, 3.8) is 0 Å². The number of hydrogen-bond donors (Lipinski definition) is 0. The average molecular weight is 222 g/mol. The Hall–Kier alpha value is -1.05. The lowest BCUT2D eigenvalue weighted by Gasteiger charge is -2.38. The minimum absolute atomic E-state index is 0.00183. The maximum Gasteiger partial charge on any atom is 0.313 e. The minimum atomic E-state index is -0.110. The lowest BCUT2D eigenvalue weighted by molar-refractivity contribution is -0.150. The molecule has 16 heavy (non-hydrogen) atoms. The monoisotopic (exact) mass is 222 g/mol. The van der Waals surface area contributed by atoms with E-state index in [1.165, 1.54) is 11.1 Å². The molecule has 0 saturated heterocycles. The first kappa shape index (κ1) is 13.0. The van der Waals surface area contributed by atoms with Gasteiger partial charge in [0.2, 0.25) is 0 Å². The molecule has 1 unspecified atom stereocenters. The number of allylic oxidation sites excluding steroid dienone is 1. The molecule has 0 aromatic heterocycles. The molecular formula is C14H22O2. The summed E-state index contributed by atoms with van der Waals surface area (Å²) in [6.45, 7) is 12.3. The first-order valence-electron chi connectivity index (χ1n) is 5.84. The van der Waals surface area contributed by atoms with Crippen LogP contribution in [0.15, 0.2) is 23.8 Å². The molecule has 2 heteroatoms. The van der Waals surface area contributed by atoms with Gasteiger partial charge in [-0.15, -0.1) is 0 Å². The van der Waals surface area contributed by atoms with Gasteiger partial charge in [0.25, 0.3) is 0 Å². The molecular weight excluding hydrogens is 200 g/mol. The van der Waals surface area contributed by atoms with E-state index in [-0.39, 0.29) is 17.3 Å². The van der Waals surface area contributed by atoms with Gasteiger partial charge < -0.3 is 4.74 Å². The molecule has 0 N–H and O–H groups in total. The molecule has 1 rings (SSSR count). The zero-order chi connectivity index (χ0) is 12.3. The van der Waals surface area contributed by atoms with Crippen LogP contribution in [0.5, 0.6) is 0 Å². The van der Waals surface area contributed by atoms with Crippen molar-refractivity contribution in [2.75, 3.05) is 6.61 Å². The summed E-state index contributed by atoms with van der Waals surface area (Å²) in [5.74, 6) is -0.206. The Labute approximate surface area is 98.4 Å². The average Bonchev–Trinajstić information content (AvgIpc) is 2.21. The van der Waals surface area contributed by atoms with Crippen molar-refractivity contribution in [2.24, 2.45) is 11.3 Å². The van der Waals surface area contributed by atoms with E-state index in [0.29, 0.717) is 6.61 Å². The minimum Gasteiger partial charge on any atom is -0.461 e. The molecule has 1 aliphatic carbocycles. The van der Waals surface area contributed by atoms with Gasteiger partial charge in [0.05, 0.1) is 5.92 Å². The second-order valence-corrected chi connectivity index (χ2v) is 5.30. The maximum atomic E-state index is 12.0. The van der Waals surface area contributed by atoms with Gasteiger partial charge in [-0.1, -0.05) is 37.6 Å². The summed E-state index contributed by atoms with van der Waals surface area (Å²) in [5, 5.41) is 0. The molecule has 1 aliphatic rings. The van der Waals surface area contributed by atoms with Gasteiger partial charge in [0.1, 0.15) is 6.61 Å². The largest absolute Gasteiger partial charge is 0.461 e. The highest BCUT2D eigenvalue weighted by Crippen LogP contribution is 2.44. The molecule has 0 fully saturated rings. The zero-order valence-electron chi connectivity index (χ0n) is 10.8. The van der Waals surface area contributed by atoms with Gasteiger partial charge in [-0.05, 0) is 32.1 Å². The van der Waals surface area contributed by atoms with Crippen LogP contribution >= 0.6 is 0 Å². The fraction of sp³-hybridized carbons (Fsp3) is 0.643. The van der Waals surface area contributed by atoms with Crippen LogP contribution < -0.4 is 0 Å². The van der Waals surface area contributed by atoms with E-state index in [1.54, 1.807) is 6.08 Å². The number of esters is 1. The Kier molecular flexibility index (Phi) is 3.95. The highest BCUT2D eigenvalue weighted by Gasteiger charge is 2.40. The van der Waals surface area contributed by atoms with Gasteiger partial charge in [-0.3, -0.25) is 4.79 Å². The van der Waals surface area contributed by atoms with E-state index in [4.69, 9.17) is 4.74 Å². The van der Waals surface area contributed by atoms with Gasteiger partial charge in [-0.25, -0.2) is 0 Å². The topological polar surface area (TPSA) is 26.3 Å². The van der Waals surface area contributed by atoms with Crippen molar-refractivity contribution < 1.29 is 9.53 Å².